The monoisotopic (exact) mass is 225 g/mol. The molecule has 90 valence electrons. The second kappa shape index (κ2) is 4.17. The lowest BCUT2D eigenvalue weighted by molar-refractivity contribution is -0.155. The second-order valence-electron chi connectivity index (χ2n) is 5.06. The number of piperidine rings is 2. The van der Waals surface area contributed by atoms with Gasteiger partial charge >= 0.3 is 5.97 Å². The number of hydrogen-bond donors (Lipinski definition) is 0. The fourth-order valence-electron chi connectivity index (χ4n) is 3.18. The molecule has 0 aromatic heterocycles. The van der Waals surface area contributed by atoms with Gasteiger partial charge < -0.3 is 4.74 Å². The van der Waals surface area contributed by atoms with Gasteiger partial charge in [0, 0.05) is 24.9 Å². The molecule has 2 rings (SSSR count). The Bertz CT molecular complexity index is 315. The van der Waals surface area contributed by atoms with Gasteiger partial charge in [0.1, 0.15) is 5.78 Å². The number of fused-ring (bicyclic) bond motifs is 2. The topological polar surface area (TPSA) is 46.6 Å². The fourth-order valence-corrected chi connectivity index (χ4v) is 3.18. The average Bonchev–Trinajstić information content (AvgIpc) is 2.25. The van der Waals surface area contributed by atoms with Crippen LogP contribution in [0.3, 0.4) is 0 Å². The molecule has 2 saturated heterocycles. The summed E-state index contributed by atoms with van der Waals surface area (Å²) in [5, 5.41) is 0. The lowest BCUT2D eigenvalue weighted by atomic mass is 9.72. The largest absolute Gasteiger partial charge is 0.469 e. The van der Waals surface area contributed by atoms with Crippen LogP contribution >= 0.6 is 0 Å². The van der Waals surface area contributed by atoms with E-state index in [-0.39, 0.29) is 29.9 Å². The molecule has 0 spiro atoms. The lowest BCUT2D eigenvalue weighted by Gasteiger charge is -2.49. The molecule has 0 N–H and O–H groups in total. The van der Waals surface area contributed by atoms with Gasteiger partial charge in [-0.2, -0.15) is 0 Å². The van der Waals surface area contributed by atoms with Crippen LogP contribution in [0, 0.1) is 11.8 Å². The third-order valence-electron chi connectivity index (χ3n) is 4.27. The van der Waals surface area contributed by atoms with Crippen LogP contribution in [0.4, 0.5) is 0 Å². The van der Waals surface area contributed by atoms with Crippen LogP contribution < -0.4 is 0 Å². The Kier molecular flexibility index (Phi) is 3.02. The van der Waals surface area contributed by atoms with Gasteiger partial charge in [0.25, 0.3) is 0 Å². The molecule has 2 aliphatic rings. The molecule has 0 saturated carbocycles. The Morgan fingerprint density at radius 1 is 1.44 bits per heavy atom. The van der Waals surface area contributed by atoms with Crippen molar-refractivity contribution in [2.45, 2.75) is 38.3 Å². The molecule has 0 aliphatic carbocycles. The molecular weight excluding hydrogens is 206 g/mol. The van der Waals surface area contributed by atoms with Crippen molar-refractivity contribution < 1.29 is 14.3 Å². The van der Waals surface area contributed by atoms with Crippen LogP contribution in [0.25, 0.3) is 0 Å². The number of methoxy groups -OCH3 is 1. The summed E-state index contributed by atoms with van der Waals surface area (Å²) in [6, 6.07) is 0.440. The molecule has 0 amide bonds. The highest BCUT2D eigenvalue weighted by atomic mass is 16.5. The first-order chi connectivity index (χ1) is 7.54. The maximum atomic E-state index is 11.7. The number of hydrogen-bond acceptors (Lipinski definition) is 4. The zero-order valence-corrected chi connectivity index (χ0v) is 10.1. The number of rotatable bonds is 1. The van der Waals surface area contributed by atoms with Crippen LogP contribution in [-0.2, 0) is 14.3 Å². The van der Waals surface area contributed by atoms with Gasteiger partial charge in [-0.3, -0.25) is 14.5 Å². The summed E-state index contributed by atoms with van der Waals surface area (Å²) in [4.78, 5) is 25.5. The highest BCUT2D eigenvalue weighted by Crippen LogP contribution is 2.38. The molecule has 2 aliphatic heterocycles. The maximum Gasteiger partial charge on any atom is 0.309 e. The first-order valence-electron chi connectivity index (χ1n) is 5.86. The molecule has 4 heteroatoms. The molecule has 16 heavy (non-hydrogen) atoms. The van der Waals surface area contributed by atoms with Gasteiger partial charge in [-0.15, -0.1) is 0 Å². The predicted molar refractivity (Wildman–Crippen MR) is 58.9 cm³/mol. The number of nitrogens with zero attached hydrogens (tertiary/aromatic N) is 1. The molecule has 0 aromatic rings. The first-order valence-corrected chi connectivity index (χ1v) is 5.86. The fraction of sp³-hybridized carbons (Fsp3) is 0.833. The maximum absolute atomic E-state index is 11.7. The summed E-state index contributed by atoms with van der Waals surface area (Å²) < 4.78 is 4.85. The summed E-state index contributed by atoms with van der Waals surface area (Å²) in [6.07, 6.45) is 1.93. The number of ketones is 1. The Hall–Kier alpha value is -0.900. The van der Waals surface area contributed by atoms with E-state index in [9.17, 15) is 9.59 Å². The number of carbonyl (C=O) groups is 2. The first kappa shape index (κ1) is 11.6. The van der Waals surface area contributed by atoms with E-state index in [1.54, 1.807) is 0 Å². The highest BCUT2D eigenvalue weighted by Gasteiger charge is 2.46. The normalized spacial score (nSPS) is 39.6. The summed E-state index contributed by atoms with van der Waals surface area (Å²) in [7, 11) is 3.50. The van der Waals surface area contributed by atoms with E-state index in [1.165, 1.54) is 7.11 Å². The zero-order chi connectivity index (χ0) is 11.9. The highest BCUT2D eigenvalue weighted by molar-refractivity contribution is 5.81. The van der Waals surface area contributed by atoms with Crippen LogP contribution in [-0.4, -0.2) is 42.9 Å². The Balaban J connectivity index is 2.19. The number of Topliss-reactive ketones (excluding diaryl/α,β-unsaturated/α-hetero) is 1. The smallest absolute Gasteiger partial charge is 0.309 e. The standard InChI is InChI=1S/C12H19NO3/c1-7-10(12(15)16-3)5-8-4-9(14)6-11(7)13(8)2/h7-8,10-11H,4-6H2,1-3H3/t7-,8?,10?,11?/m0/s1. The number of esters is 1. The quantitative estimate of drug-likeness (QED) is 0.621. The summed E-state index contributed by atoms with van der Waals surface area (Å²) in [5.74, 6) is 0.385. The Morgan fingerprint density at radius 2 is 2.12 bits per heavy atom. The summed E-state index contributed by atoms with van der Waals surface area (Å²) in [5.41, 5.74) is 0. The third-order valence-corrected chi connectivity index (χ3v) is 4.27. The van der Waals surface area contributed by atoms with Gasteiger partial charge in [0.2, 0.25) is 0 Å². The van der Waals surface area contributed by atoms with E-state index in [0.29, 0.717) is 18.6 Å². The van der Waals surface area contributed by atoms with Crippen LogP contribution in [0.15, 0.2) is 0 Å². The van der Waals surface area contributed by atoms with Gasteiger partial charge in [0.05, 0.1) is 13.0 Å². The molecule has 4 nitrogen and oxygen atoms in total. The van der Waals surface area contributed by atoms with E-state index < -0.39 is 0 Å². The summed E-state index contributed by atoms with van der Waals surface area (Å²) >= 11 is 0. The number of carbonyl (C=O) groups excluding carboxylic acids is 2. The molecule has 4 atom stereocenters. The summed E-state index contributed by atoms with van der Waals surface area (Å²) in [6.45, 7) is 2.05. The molecular formula is C12H19NO3. The van der Waals surface area contributed by atoms with Crippen LogP contribution in [0.2, 0.25) is 0 Å². The van der Waals surface area contributed by atoms with Crippen molar-refractivity contribution in [2.24, 2.45) is 11.8 Å². The van der Waals surface area contributed by atoms with Crippen molar-refractivity contribution in [3.05, 3.63) is 0 Å². The molecule has 0 aromatic carbocycles. The van der Waals surface area contributed by atoms with E-state index in [1.807, 2.05) is 0 Å². The predicted octanol–water partition coefficient (Wildman–Crippen LogP) is 0.847. The van der Waals surface area contributed by atoms with E-state index in [2.05, 4.69) is 18.9 Å². The van der Waals surface area contributed by atoms with Crippen molar-refractivity contribution in [1.29, 1.82) is 0 Å². The van der Waals surface area contributed by atoms with Gasteiger partial charge in [0.15, 0.2) is 0 Å². The second-order valence-corrected chi connectivity index (χ2v) is 5.06. The molecule has 2 heterocycles. The van der Waals surface area contributed by atoms with Crippen molar-refractivity contribution in [3.8, 4) is 0 Å². The van der Waals surface area contributed by atoms with Crippen LogP contribution in [0.5, 0.6) is 0 Å². The van der Waals surface area contributed by atoms with Crippen molar-refractivity contribution >= 4 is 11.8 Å². The van der Waals surface area contributed by atoms with Crippen molar-refractivity contribution in [1.82, 2.24) is 4.90 Å². The van der Waals surface area contributed by atoms with Gasteiger partial charge in [-0.05, 0) is 19.4 Å². The third kappa shape index (κ3) is 1.75. The minimum absolute atomic E-state index is 0.0377. The van der Waals surface area contributed by atoms with Crippen molar-refractivity contribution in [3.63, 3.8) is 0 Å². The minimum atomic E-state index is -0.120. The van der Waals surface area contributed by atoms with E-state index in [4.69, 9.17) is 4.74 Å². The lowest BCUT2D eigenvalue weighted by Crippen LogP contribution is -2.57. The molecule has 0 radical (unpaired) electrons. The number of ether oxygens (including phenoxy) is 1. The Morgan fingerprint density at radius 3 is 2.75 bits per heavy atom. The van der Waals surface area contributed by atoms with Gasteiger partial charge in [-0.1, -0.05) is 6.92 Å². The average molecular weight is 225 g/mol. The molecule has 3 unspecified atom stereocenters. The van der Waals surface area contributed by atoms with E-state index >= 15 is 0 Å². The Labute approximate surface area is 95.9 Å². The van der Waals surface area contributed by atoms with E-state index in [0.717, 1.165) is 6.42 Å². The van der Waals surface area contributed by atoms with Gasteiger partial charge in [-0.25, -0.2) is 0 Å². The SMILES string of the molecule is COC(=O)C1CC2CC(=O)CC([C@H]1C)N2C. The minimum Gasteiger partial charge on any atom is -0.469 e. The van der Waals surface area contributed by atoms with Crippen molar-refractivity contribution in [2.75, 3.05) is 14.2 Å². The molecule has 2 bridgehead atoms. The molecule has 2 fully saturated rings. The van der Waals surface area contributed by atoms with Crippen LogP contribution in [0.1, 0.15) is 26.2 Å². The zero-order valence-electron chi connectivity index (χ0n) is 10.1.